The third-order valence-electron chi connectivity index (χ3n) is 5.27. The van der Waals surface area contributed by atoms with Crippen LogP contribution in [-0.2, 0) is 5.41 Å². The smallest absolute Gasteiger partial charge is 0.133 e. The van der Waals surface area contributed by atoms with Crippen LogP contribution in [0.5, 0.6) is 11.5 Å². The van der Waals surface area contributed by atoms with E-state index >= 15 is 0 Å². The zero-order chi connectivity index (χ0) is 18.3. The van der Waals surface area contributed by atoms with Crippen molar-refractivity contribution in [3.8, 4) is 11.5 Å². The average Bonchev–Trinajstić information content (AvgIpc) is 2.73. The zero-order valence-corrected chi connectivity index (χ0v) is 16.2. The van der Waals surface area contributed by atoms with Crippen LogP contribution >= 0.6 is 15.9 Å². The van der Waals surface area contributed by atoms with Crippen molar-refractivity contribution >= 4 is 15.9 Å². The van der Waals surface area contributed by atoms with Gasteiger partial charge in [-0.2, -0.15) is 0 Å². The summed E-state index contributed by atoms with van der Waals surface area (Å²) < 4.78 is 7.34. The van der Waals surface area contributed by atoms with E-state index in [-0.39, 0.29) is 0 Å². The molecule has 2 heteroatoms. The van der Waals surface area contributed by atoms with Crippen molar-refractivity contribution in [2.24, 2.45) is 0 Å². The molecule has 0 unspecified atom stereocenters. The summed E-state index contributed by atoms with van der Waals surface area (Å²) in [7, 11) is 0. The molecule has 0 N–H and O–H groups in total. The summed E-state index contributed by atoms with van der Waals surface area (Å²) in [5.74, 6) is 1.78. The molecule has 0 amide bonds. The third kappa shape index (κ3) is 2.44. The topological polar surface area (TPSA) is 9.23 Å². The van der Waals surface area contributed by atoms with Crippen molar-refractivity contribution in [1.82, 2.24) is 0 Å². The molecule has 1 aliphatic heterocycles. The summed E-state index contributed by atoms with van der Waals surface area (Å²) in [5, 5.41) is 0. The second-order valence-corrected chi connectivity index (χ2v) is 7.64. The molecule has 0 spiro atoms. The Balaban J connectivity index is 1.97. The third-order valence-corrected chi connectivity index (χ3v) is 5.77. The summed E-state index contributed by atoms with van der Waals surface area (Å²) in [6, 6.07) is 36.1. The Bertz CT molecular complexity index is 1060. The molecule has 0 saturated carbocycles. The van der Waals surface area contributed by atoms with E-state index in [1.807, 2.05) is 6.07 Å². The van der Waals surface area contributed by atoms with Crippen LogP contribution in [0.3, 0.4) is 0 Å². The summed E-state index contributed by atoms with van der Waals surface area (Å²) in [5.41, 5.74) is 4.36. The van der Waals surface area contributed by atoms with Gasteiger partial charge in [-0.25, -0.2) is 0 Å². The summed E-state index contributed by atoms with van der Waals surface area (Å²) in [6.07, 6.45) is 0. The lowest BCUT2D eigenvalue weighted by molar-refractivity contribution is 0.434. The van der Waals surface area contributed by atoms with E-state index in [2.05, 4.69) is 113 Å². The maximum Gasteiger partial charge on any atom is 0.133 e. The van der Waals surface area contributed by atoms with E-state index in [4.69, 9.17) is 4.74 Å². The molecule has 27 heavy (non-hydrogen) atoms. The van der Waals surface area contributed by atoms with Crippen LogP contribution in [0.4, 0.5) is 0 Å². The van der Waals surface area contributed by atoms with E-state index in [1.54, 1.807) is 0 Å². The molecular weight excluding hydrogens is 396 g/mol. The highest BCUT2D eigenvalue weighted by atomic mass is 79.9. The molecule has 0 aromatic heterocycles. The Kier molecular flexibility index (Phi) is 3.87. The summed E-state index contributed by atoms with van der Waals surface area (Å²) in [4.78, 5) is 0. The number of ether oxygens (including phenoxy) is 1. The van der Waals surface area contributed by atoms with Crippen LogP contribution in [0.15, 0.2) is 108 Å². The van der Waals surface area contributed by atoms with Gasteiger partial charge in [-0.15, -0.1) is 0 Å². The van der Waals surface area contributed by atoms with Gasteiger partial charge < -0.3 is 4.74 Å². The highest BCUT2D eigenvalue weighted by Crippen LogP contribution is 2.55. The number of halogens is 1. The molecule has 0 aliphatic carbocycles. The van der Waals surface area contributed by atoms with E-state index in [1.165, 1.54) is 11.1 Å². The largest absolute Gasteiger partial charge is 0.457 e. The average molecular weight is 413 g/mol. The Morgan fingerprint density at radius 2 is 1.11 bits per heavy atom. The summed E-state index contributed by atoms with van der Waals surface area (Å²) in [6.45, 7) is 0. The molecule has 5 rings (SSSR count). The van der Waals surface area contributed by atoms with Gasteiger partial charge in [-0.05, 0) is 29.3 Å². The van der Waals surface area contributed by atoms with Crippen molar-refractivity contribution in [3.05, 3.63) is 130 Å². The van der Waals surface area contributed by atoms with E-state index in [0.717, 1.165) is 27.1 Å². The van der Waals surface area contributed by atoms with E-state index < -0.39 is 5.41 Å². The molecule has 130 valence electrons. The molecule has 0 atom stereocenters. The molecule has 0 fully saturated rings. The minimum atomic E-state index is -0.423. The first-order valence-corrected chi connectivity index (χ1v) is 9.78. The lowest BCUT2D eigenvalue weighted by Gasteiger charge is -2.41. The number of para-hydroxylation sites is 1. The quantitative estimate of drug-likeness (QED) is 0.305. The highest BCUT2D eigenvalue weighted by molar-refractivity contribution is 9.10. The SMILES string of the molecule is Brc1ccc2c(c1)Oc1ccccc1C2(c1ccccc1)c1ccccc1. The zero-order valence-electron chi connectivity index (χ0n) is 14.6. The first kappa shape index (κ1) is 16.3. The van der Waals surface area contributed by atoms with Crippen LogP contribution in [0, 0.1) is 0 Å². The van der Waals surface area contributed by atoms with Crippen molar-refractivity contribution in [2.75, 3.05) is 0 Å². The predicted octanol–water partition coefficient (Wildman–Crippen LogP) is 6.94. The number of hydrogen-bond donors (Lipinski definition) is 0. The van der Waals surface area contributed by atoms with Crippen molar-refractivity contribution in [1.29, 1.82) is 0 Å². The maximum absolute atomic E-state index is 6.33. The number of fused-ring (bicyclic) bond motifs is 2. The van der Waals surface area contributed by atoms with Gasteiger partial charge in [0.25, 0.3) is 0 Å². The van der Waals surface area contributed by atoms with E-state index in [9.17, 15) is 0 Å². The molecule has 1 heterocycles. The number of hydrogen-bond acceptors (Lipinski definition) is 1. The normalized spacial score (nSPS) is 14.0. The Morgan fingerprint density at radius 3 is 1.78 bits per heavy atom. The molecular formula is C25H17BrO. The summed E-state index contributed by atoms with van der Waals surface area (Å²) >= 11 is 3.60. The van der Waals surface area contributed by atoms with Crippen molar-refractivity contribution in [2.45, 2.75) is 5.41 Å². The molecule has 0 saturated heterocycles. The molecule has 0 radical (unpaired) electrons. The van der Waals surface area contributed by atoms with Crippen LogP contribution < -0.4 is 4.74 Å². The van der Waals surface area contributed by atoms with Gasteiger partial charge in [0.15, 0.2) is 0 Å². The second-order valence-electron chi connectivity index (χ2n) is 6.72. The maximum atomic E-state index is 6.33. The van der Waals surface area contributed by atoms with Gasteiger partial charge >= 0.3 is 0 Å². The first-order chi connectivity index (χ1) is 13.3. The standard InChI is InChI=1S/C25H17BrO/c26-20-15-16-22-24(17-20)27-23-14-8-7-13-21(23)25(22,18-9-3-1-4-10-18)19-11-5-2-6-12-19/h1-17H. The molecule has 4 aromatic rings. The van der Waals surface area contributed by atoms with Gasteiger partial charge in [0.1, 0.15) is 11.5 Å². The highest BCUT2D eigenvalue weighted by Gasteiger charge is 2.45. The fraction of sp³-hybridized carbons (Fsp3) is 0.0400. The van der Waals surface area contributed by atoms with Gasteiger partial charge in [-0.3, -0.25) is 0 Å². The molecule has 4 aromatic carbocycles. The Hall–Kier alpha value is -2.84. The number of benzene rings is 4. The lowest BCUT2D eigenvalue weighted by atomic mass is 9.64. The fourth-order valence-corrected chi connectivity index (χ4v) is 4.52. The Morgan fingerprint density at radius 1 is 0.556 bits per heavy atom. The number of rotatable bonds is 2. The van der Waals surface area contributed by atoms with E-state index in [0.29, 0.717) is 0 Å². The van der Waals surface area contributed by atoms with Crippen molar-refractivity contribution in [3.63, 3.8) is 0 Å². The minimum absolute atomic E-state index is 0.423. The van der Waals surface area contributed by atoms with Gasteiger partial charge in [0, 0.05) is 15.6 Å². The Labute approximate surface area is 167 Å². The van der Waals surface area contributed by atoms with Gasteiger partial charge in [-0.1, -0.05) is 101 Å². The lowest BCUT2D eigenvalue weighted by Crippen LogP contribution is -2.34. The monoisotopic (exact) mass is 412 g/mol. The van der Waals surface area contributed by atoms with Crippen LogP contribution in [0.2, 0.25) is 0 Å². The second kappa shape index (κ2) is 6.40. The van der Waals surface area contributed by atoms with Gasteiger partial charge in [0.2, 0.25) is 0 Å². The molecule has 0 bridgehead atoms. The van der Waals surface area contributed by atoms with Gasteiger partial charge in [0.05, 0.1) is 5.41 Å². The van der Waals surface area contributed by atoms with Crippen LogP contribution in [-0.4, -0.2) is 0 Å². The van der Waals surface area contributed by atoms with Crippen LogP contribution in [0.1, 0.15) is 22.3 Å². The fourth-order valence-electron chi connectivity index (χ4n) is 4.18. The first-order valence-electron chi connectivity index (χ1n) is 8.98. The molecule has 1 aliphatic rings. The van der Waals surface area contributed by atoms with Crippen molar-refractivity contribution < 1.29 is 4.74 Å². The molecule has 1 nitrogen and oxygen atoms in total. The minimum Gasteiger partial charge on any atom is -0.457 e. The van der Waals surface area contributed by atoms with Crippen LogP contribution in [0.25, 0.3) is 0 Å². The predicted molar refractivity (Wildman–Crippen MR) is 113 cm³/mol.